The van der Waals surface area contributed by atoms with E-state index in [1.165, 1.54) is 10.9 Å². The van der Waals surface area contributed by atoms with Crippen LogP contribution in [0.3, 0.4) is 0 Å². The molecule has 0 saturated carbocycles. The smallest absolute Gasteiger partial charge is 0.0930 e. The molecule has 0 atom stereocenters. The van der Waals surface area contributed by atoms with Crippen LogP contribution >= 0.6 is 0 Å². The standard InChI is InChI=1S/C13H14N4/c1-8-4-3-5-9-10(6-15-12(8)9)13-11(14)7-16-17(13)2/h3-7,15H,14H2,1-2H3. The van der Waals surface area contributed by atoms with E-state index in [0.29, 0.717) is 5.69 Å². The van der Waals surface area contributed by atoms with Gasteiger partial charge in [0.15, 0.2) is 0 Å². The normalized spacial score (nSPS) is 11.2. The summed E-state index contributed by atoms with van der Waals surface area (Å²) in [6, 6.07) is 6.25. The molecule has 0 spiro atoms. The molecule has 4 heteroatoms. The van der Waals surface area contributed by atoms with E-state index in [1.807, 2.05) is 13.2 Å². The predicted molar refractivity (Wildman–Crippen MR) is 69.7 cm³/mol. The van der Waals surface area contributed by atoms with Crippen LogP contribution in [0.25, 0.3) is 22.2 Å². The van der Waals surface area contributed by atoms with E-state index in [2.05, 4.69) is 35.2 Å². The first-order chi connectivity index (χ1) is 8.18. The fraction of sp³-hybridized carbons (Fsp3) is 0.154. The summed E-state index contributed by atoms with van der Waals surface area (Å²) in [6.07, 6.45) is 3.68. The van der Waals surface area contributed by atoms with Crippen molar-refractivity contribution < 1.29 is 0 Å². The highest BCUT2D eigenvalue weighted by molar-refractivity contribution is 5.98. The Morgan fingerprint density at radius 3 is 2.88 bits per heavy atom. The maximum Gasteiger partial charge on any atom is 0.0930 e. The molecule has 86 valence electrons. The minimum atomic E-state index is 0.704. The third-order valence-electron chi connectivity index (χ3n) is 3.15. The Morgan fingerprint density at radius 2 is 2.18 bits per heavy atom. The lowest BCUT2D eigenvalue weighted by atomic mass is 10.1. The maximum absolute atomic E-state index is 5.96. The molecule has 0 saturated heterocycles. The molecule has 17 heavy (non-hydrogen) atoms. The zero-order chi connectivity index (χ0) is 12.0. The largest absolute Gasteiger partial charge is 0.396 e. The number of rotatable bonds is 1. The van der Waals surface area contributed by atoms with E-state index in [0.717, 1.165) is 16.8 Å². The molecular weight excluding hydrogens is 212 g/mol. The van der Waals surface area contributed by atoms with Gasteiger partial charge in [-0.25, -0.2) is 0 Å². The molecule has 0 amide bonds. The Hall–Kier alpha value is -2.23. The third kappa shape index (κ3) is 1.34. The first-order valence-electron chi connectivity index (χ1n) is 5.53. The van der Waals surface area contributed by atoms with Gasteiger partial charge in [-0.1, -0.05) is 18.2 Å². The number of aryl methyl sites for hydroxylation is 2. The number of hydrogen-bond donors (Lipinski definition) is 2. The molecule has 0 aliphatic rings. The lowest BCUT2D eigenvalue weighted by Crippen LogP contribution is -1.95. The highest BCUT2D eigenvalue weighted by Gasteiger charge is 2.13. The van der Waals surface area contributed by atoms with Crippen molar-refractivity contribution in [1.82, 2.24) is 14.8 Å². The zero-order valence-corrected chi connectivity index (χ0v) is 9.86. The van der Waals surface area contributed by atoms with E-state index < -0.39 is 0 Å². The average Bonchev–Trinajstić information content (AvgIpc) is 2.84. The summed E-state index contributed by atoms with van der Waals surface area (Å²) in [7, 11) is 1.90. The molecule has 0 unspecified atom stereocenters. The molecule has 3 N–H and O–H groups in total. The number of anilines is 1. The number of nitrogen functional groups attached to an aromatic ring is 1. The number of para-hydroxylation sites is 1. The Kier molecular flexibility index (Phi) is 1.98. The Balaban J connectivity index is 2.36. The second kappa shape index (κ2) is 3.38. The van der Waals surface area contributed by atoms with Gasteiger partial charge in [0, 0.05) is 29.7 Å². The summed E-state index contributed by atoms with van der Waals surface area (Å²) in [5.74, 6) is 0. The SMILES string of the molecule is Cc1cccc2c(-c3c(N)cnn3C)c[nH]c12. The molecule has 3 aromatic rings. The van der Waals surface area contributed by atoms with Crippen molar-refractivity contribution in [3.63, 3.8) is 0 Å². The first kappa shape index (κ1) is 9.96. The lowest BCUT2D eigenvalue weighted by Gasteiger charge is -2.02. The van der Waals surface area contributed by atoms with Crippen molar-refractivity contribution in [2.75, 3.05) is 5.73 Å². The molecule has 2 aromatic heterocycles. The Morgan fingerprint density at radius 1 is 1.35 bits per heavy atom. The first-order valence-corrected chi connectivity index (χ1v) is 5.53. The van der Waals surface area contributed by atoms with Gasteiger partial charge in [-0.05, 0) is 12.5 Å². The fourth-order valence-electron chi connectivity index (χ4n) is 2.29. The van der Waals surface area contributed by atoms with Gasteiger partial charge in [0.1, 0.15) is 0 Å². The molecule has 0 radical (unpaired) electrons. The summed E-state index contributed by atoms with van der Waals surface area (Å²) >= 11 is 0. The van der Waals surface area contributed by atoms with E-state index in [9.17, 15) is 0 Å². The number of nitrogens with zero attached hydrogens (tertiary/aromatic N) is 2. The molecular formula is C13H14N4. The lowest BCUT2D eigenvalue weighted by molar-refractivity contribution is 0.776. The van der Waals surface area contributed by atoms with Crippen LogP contribution < -0.4 is 5.73 Å². The number of nitrogens with one attached hydrogen (secondary N) is 1. The fourth-order valence-corrected chi connectivity index (χ4v) is 2.29. The van der Waals surface area contributed by atoms with Crippen molar-refractivity contribution in [2.45, 2.75) is 6.92 Å². The molecule has 4 nitrogen and oxygen atoms in total. The Labute approximate surface area is 99.1 Å². The zero-order valence-electron chi connectivity index (χ0n) is 9.86. The number of benzene rings is 1. The van der Waals surface area contributed by atoms with E-state index in [-0.39, 0.29) is 0 Å². The van der Waals surface area contributed by atoms with Crippen LogP contribution in [0, 0.1) is 6.92 Å². The molecule has 0 fully saturated rings. The van der Waals surface area contributed by atoms with Crippen LogP contribution in [0.15, 0.2) is 30.6 Å². The number of nitrogens with two attached hydrogens (primary N) is 1. The molecule has 3 rings (SSSR count). The summed E-state index contributed by atoms with van der Waals surface area (Å²) in [5, 5.41) is 5.36. The van der Waals surface area contributed by atoms with Gasteiger partial charge in [-0.2, -0.15) is 5.10 Å². The minimum absolute atomic E-state index is 0.704. The number of hydrogen-bond acceptors (Lipinski definition) is 2. The van der Waals surface area contributed by atoms with Crippen molar-refractivity contribution in [3.05, 3.63) is 36.2 Å². The van der Waals surface area contributed by atoms with E-state index in [4.69, 9.17) is 5.73 Å². The molecule has 0 bridgehead atoms. The monoisotopic (exact) mass is 226 g/mol. The number of H-pyrrole nitrogens is 1. The van der Waals surface area contributed by atoms with Crippen molar-refractivity contribution >= 4 is 16.6 Å². The van der Waals surface area contributed by atoms with Gasteiger partial charge in [0.2, 0.25) is 0 Å². The van der Waals surface area contributed by atoms with Crippen molar-refractivity contribution in [1.29, 1.82) is 0 Å². The second-order valence-electron chi connectivity index (χ2n) is 4.27. The van der Waals surface area contributed by atoms with Gasteiger partial charge in [-0.15, -0.1) is 0 Å². The summed E-state index contributed by atoms with van der Waals surface area (Å²) < 4.78 is 1.81. The van der Waals surface area contributed by atoms with Gasteiger partial charge in [0.25, 0.3) is 0 Å². The van der Waals surface area contributed by atoms with E-state index >= 15 is 0 Å². The molecule has 1 aromatic carbocycles. The highest BCUT2D eigenvalue weighted by Crippen LogP contribution is 2.32. The van der Waals surface area contributed by atoms with Gasteiger partial charge in [-0.3, -0.25) is 4.68 Å². The van der Waals surface area contributed by atoms with Crippen molar-refractivity contribution in [3.8, 4) is 11.3 Å². The summed E-state index contributed by atoms with van der Waals surface area (Å²) in [6.45, 7) is 2.09. The van der Waals surface area contributed by atoms with Crippen LogP contribution in [-0.2, 0) is 7.05 Å². The second-order valence-corrected chi connectivity index (χ2v) is 4.27. The number of aromatic nitrogens is 3. The Bertz CT molecular complexity index is 671. The van der Waals surface area contributed by atoms with Crippen LogP contribution in [0.5, 0.6) is 0 Å². The van der Waals surface area contributed by atoms with Gasteiger partial charge in [0.05, 0.1) is 17.6 Å². The average molecular weight is 226 g/mol. The molecule has 0 aliphatic carbocycles. The van der Waals surface area contributed by atoms with Gasteiger partial charge < -0.3 is 10.7 Å². The van der Waals surface area contributed by atoms with E-state index in [1.54, 1.807) is 10.9 Å². The number of fused-ring (bicyclic) bond motifs is 1. The highest BCUT2D eigenvalue weighted by atomic mass is 15.3. The van der Waals surface area contributed by atoms with Crippen LogP contribution in [-0.4, -0.2) is 14.8 Å². The molecule has 0 aliphatic heterocycles. The predicted octanol–water partition coefficient (Wildman–Crippen LogP) is 2.46. The maximum atomic E-state index is 5.96. The molecule has 2 heterocycles. The van der Waals surface area contributed by atoms with Crippen LogP contribution in [0.1, 0.15) is 5.56 Å². The van der Waals surface area contributed by atoms with Crippen LogP contribution in [0.2, 0.25) is 0 Å². The topological polar surface area (TPSA) is 59.6 Å². The van der Waals surface area contributed by atoms with Crippen molar-refractivity contribution in [2.24, 2.45) is 7.05 Å². The summed E-state index contributed by atoms with van der Waals surface area (Å²) in [4.78, 5) is 3.30. The van der Waals surface area contributed by atoms with Gasteiger partial charge >= 0.3 is 0 Å². The third-order valence-corrected chi connectivity index (χ3v) is 3.15. The quantitative estimate of drug-likeness (QED) is 0.669. The number of aromatic amines is 1. The summed E-state index contributed by atoms with van der Waals surface area (Å²) in [5.41, 5.74) is 11.1. The minimum Gasteiger partial charge on any atom is -0.396 e. The van der Waals surface area contributed by atoms with Crippen LogP contribution in [0.4, 0.5) is 5.69 Å².